The molecule has 6 nitrogen and oxygen atoms in total. The van der Waals surface area contributed by atoms with Crippen LogP contribution in [0.15, 0.2) is 39.6 Å². The highest BCUT2D eigenvalue weighted by Gasteiger charge is 2.28. The molecule has 0 saturated heterocycles. The van der Waals surface area contributed by atoms with E-state index in [1.807, 2.05) is 0 Å². The van der Waals surface area contributed by atoms with Gasteiger partial charge in [-0.1, -0.05) is 18.2 Å². The average Bonchev–Trinajstić information content (AvgIpc) is 2.94. The van der Waals surface area contributed by atoms with E-state index in [4.69, 9.17) is 4.42 Å². The minimum atomic E-state index is -3.46. The molecule has 1 aromatic heterocycles. The van der Waals surface area contributed by atoms with E-state index < -0.39 is 15.7 Å². The van der Waals surface area contributed by atoms with Crippen molar-refractivity contribution >= 4 is 21.5 Å². The van der Waals surface area contributed by atoms with Crippen molar-refractivity contribution in [3.8, 4) is 0 Å². The van der Waals surface area contributed by atoms with Gasteiger partial charge in [0.25, 0.3) is 5.91 Å². The van der Waals surface area contributed by atoms with Crippen molar-refractivity contribution in [2.45, 2.75) is 31.1 Å². The monoisotopic (exact) mass is 361 g/mol. The summed E-state index contributed by atoms with van der Waals surface area (Å²) in [6.07, 6.45) is 1.82. The van der Waals surface area contributed by atoms with Crippen LogP contribution in [-0.2, 0) is 16.3 Å². The molecule has 1 amide bonds. The molecule has 0 spiro atoms. The average molecular weight is 361 g/mol. The lowest BCUT2D eigenvalue weighted by Crippen LogP contribution is -2.29. The Labute approximate surface area is 146 Å². The second-order valence-corrected chi connectivity index (χ2v) is 8.13. The molecular formula is C18H19NO5S. The van der Waals surface area contributed by atoms with Gasteiger partial charge in [0.15, 0.2) is 21.4 Å². The van der Waals surface area contributed by atoms with Gasteiger partial charge in [-0.25, -0.2) is 8.42 Å². The molecule has 1 aliphatic rings. The Morgan fingerprint density at radius 3 is 2.60 bits per heavy atom. The third kappa shape index (κ3) is 3.51. The summed E-state index contributed by atoms with van der Waals surface area (Å²) in [4.78, 5) is 24.5. The van der Waals surface area contributed by atoms with Crippen molar-refractivity contribution in [2.75, 3.05) is 12.3 Å². The Balaban J connectivity index is 1.67. The number of carbonyl (C=O) groups excluding carboxylic acids is 2. The molecule has 0 fully saturated rings. The molecule has 25 heavy (non-hydrogen) atoms. The van der Waals surface area contributed by atoms with Crippen LogP contribution in [0.2, 0.25) is 0 Å². The Morgan fingerprint density at radius 2 is 1.92 bits per heavy atom. The summed E-state index contributed by atoms with van der Waals surface area (Å²) in [5.74, 6) is -0.0643. The zero-order valence-corrected chi connectivity index (χ0v) is 14.7. The number of fused-ring (bicyclic) bond motifs is 1. The predicted octanol–water partition coefficient (Wildman–Crippen LogP) is 2.31. The fourth-order valence-corrected chi connectivity index (χ4v) is 4.17. The van der Waals surface area contributed by atoms with Gasteiger partial charge in [0.1, 0.15) is 5.76 Å². The molecule has 0 unspecified atom stereocenters. The van der Waals surface area contributed by atoms with Gasteiger partial charge < -0.3 is 9.73 Å². The van der Waals surface area contributed by atoms with E-state index in [1.165, 1.54) is 12.1 Å². The number of amides is 1. The van der Waals surface area contributed by atoms with E-state index >= 15 is 0 Å². The number of carbonyl (C=O) groups is 2. The lowest BCUT2D eigenvalue weighted by atomic mass is 9.94. The molecule has 0 atom stereocenters. The number of hydrogen-bond donors (Lipinski definition) is 1. The molecule has 1 aromatic carbocycles. The number of benzene rings is 1. The topological polar surface area (TPSA) is 93.4 Å². The van der Waals surface area contributed by atoms with Crippen LogP contribution in [0.4, 0.5) is 0 Å². The van der Waals surface area contributed by atoms with Crippen molar-refractivity contribution in [3.05, 3.63) is 53.0 Å². The Bertz CT molecular complexity index is 912. The van der Waals surface area contributed by atoms with Crippen molar-refractivity contribution in [2.24, 2.45) is 0 Å². The first kappa shape index (κ1) is 17.4. The zero-order chi connectivity index (χ0) is 18.0. The number of nitrogens with one attached hydrogen (secondary N) is 1. The van der Waals surface area contributed by atoms with Gasteiger partial charge in [-0.2, -0.15) is 0 Å². The molecule has 0 radical (unpaired) electrons. The van der Waals surface area contributed by atoms with E-state index in [9.17, 15) is 18.0 Å². The quantitative estimate of drug-likeness (QED) is 0.882. The maximum Gasteiger partial charge on any atom is 0.287 e. The number of ketones is 1. The van der Waals surface area contributed by atoms with E-state index in [0.29, 0.717) is 29.7 Å². The van der Waals surface area contributed by atoms with Crippen molar-refractivity contribution in [3.63, 3.8) is 0 Å². The standard InChI is InChI=1S/C18H19NO5S/c1-12-16-14(20)8-5-9-15(16)24-17(12)18(21)19-10-11-25(22,23)13-6-3-2-4-7-13/h2-4,6-7H,5,8-11H2,1H3,(H,19,21). The summed E-state index contributed by atoms with van der Waals surface area (Å²) in [5, 5.41) is 2.57. The second-order valence-electron chi connectivity index (χ2n) is 6.02. The molecule has 0 aliphatic heterocycles. The molecule has 2 aromatic rings. The van der Waals surface area contributed by atoms with Gasteiger partial charge in [-0.15, -0.1) is 0 Å². The summed E-state index contributed by atoms with van der Waals surface area (Å²) in [5.41, 5.74) is 1.04. The summed E-state index contributed by atoms with van der Waals surface area (Å²) in [7, 11) is -3.46. The van der Waals surface area contributed by atoms with Crippen LogP contribution in [0.5, 0.6) is 0 Å². The maximum absolute atomic E-state index is 12.3. The highest BCUT2D eigenvalue weighted by Crippen LogP contribution is 2.29. The first-order chi connectivity index (χ1) is 11.9. The Morgan fingerprint density at radius 1 is 1.20 bits per heavy atom. The summed E-state index contributed by atoms with van der Waals surface area (Å²) < 4.78 is 30.0. The molecule has 3 rings (SSSR count). The van der Waals surface area contributed by atoms with Crippen LogP contribution in [-0.4, -0.2) is 32.4 Å². The van der Waals surface area contributed by atoms with Crippen LogP contribution < -0.4 is 5.32 Å². The van der Waals surface area contributed by atoms with Gasteiger partial charge in [0.05, 0.1) is 16.2 Å². The SMILES string of the molecule is Cc1c(C(=O)NCCS(=O)(=O)c2ccccc2)oc2c1C(=O)CCC2. The maximum atomic E-state index is 12.3. The minimum absolute atomic E-state index is 0.00629. The third-order valence-corrected chi connectivity index (χ3v) is 6.00. The summed E-state index contributed by atoms with van der Waals surface area (Å²) >= 11 is 0. The van der Waals surface area contributed by atoms with Crippen molar-refractivity contribution in [1.29, 1.82) is 0 Å². The highest BCUT2D eigenvalue weighted by atomic mass is 32.2. The summed E-state index contributed by atoms with van der Waals surface area (Å²) in [6.45, 7) is 1.65. The predicted molar refractivity (Wildman–Crippen MR) is 91.5 cm³/mol. The Hall–Kier alpha value is -2.41. The Kier molecular flexibility index (Phi) is 4.76. The molecule has 1 aliphatic carbocycles. The van der Waals surface area contributed by atoms with E-state index in [-0.39, 0.29) is 28.7 Å². The highest BCUT2D eigenvalue weighted by molar-refractivity contribution is 7.91. The normalized spacial score (nSPS) is 14.2. The van der Waals surface area contributed by atoms with E-state index in [1.54, 1.807) is 25.1 Å². The number of sulfone groups is 1. The first-order valence-electron chi connectivity index (χ1n) is 8.11. The number of rotatable bonds is 5. The van der Waals surface area contributed by atoms with E-state index in [0.717, 1.165) is 6.42 Å². The van der Waals surface area contributed by atoms with Gasteiger partial charge >= 0.3 is 0 Å². The molecule has 132 valence electrons. The molecule has 0 saturated carbocycles. The number of furan rings is 1. The van der Waals surface area contributed by atoms with Crippen LogP contribution in [0.25, 0.3) is 0 Å². The molecule has 0 bridgehead atoms. The fourth-order valence-electron chi connectivity index (χ4n) is 2.99. The second kappa shape index (κ2) is 6.84. The summed E-state index contributed by atoms with van der Waals surface area (Å²) in [6, 6.07) is 8.09. The number of hydrogen-bond acceptors (Lipinski definition) is 5. The largest absolute Gasteiger partial charge is 0.455 e. The lowest BCUT2D eigenvalue weighted by molar-refractivity contribution is 0.0922. The fraction of sp³-hybridized carbons (Fsp3) is 0.333. The van der Waals surface area contributed by atoms with Gasteiger partial charge in [0, 0.05) is 24.9 Å². The lowest BCUT2D eigenvalue weighted by Gasteiger charge is -2.07. The van der Waals surface area contributed by atoms with Crippen LogP contribution in [0, 0.1) is 6.92 Å². The molecule has 1 N–H and O–H groups in total. The first-order valence-corrected chi connectivity index (χ1v) is 9.77. The van der Waals surface area contributed by atoms with Crippen LogP contribution >= 0.6 is 0 Å². The number of Topliss-reactive ketones (excluding diaryl/α,β-unsaturated/α-hetero) is 1. The van der Waals surface area contributed by atoms with Gasteiger partial charge in [-0.05, 0) is 25.5 Å². The molecule has 7 heteroatoms. The van der Waals surface area contributed by atoms with Crippen LogP contribution in [0.1, 0.15) is 45.1 Å². The molecular weight excluding hydrogens is 342 g/mol. The minimum Gasteiger partial charge on any atom is -0.455 e. The number of aryl methyl sites for hydroxylation is 1. The smallest absolute Gasteiger partial charge is 0.287 e. The van der Waals surface area contributed by atoms with Crippen molar-refractivity contribution in [1.82, 2.24) is 5.32 Å². The van der Waals surface area contributed by atoms with Gasteiger partial charge in [-0.3, -0.25) is 9.59 Å². The van der Waals surface area contributed by atoms with Crippen LogP contribution in [0.3, 0.4) is 0 Å². The third-order valence-electron chi connectivity index (χ3n) is 4.27. The van der Waals surface area contributed by atoms with E-state index in [2.05, 4.69) is 5.32 Å². The van der Waals surface area contributed by atoms with Gasteiger partial charge in [0.2, 0.25) is 0 Å². The molecule has 1 heterocycles. The van der Waals surface area contributed by atoms with Crippen molar-refractivity contribution < 1.29 is 22.4 Å². The zero-order valence-electron chi connectivity index (χ0n) is 13.9.